The average Bonchev–Trinajstić information content (AvgIpc) is 1.56. The summed E-state index contributed by atoms with van der Waals surface area (Å²) in [5.41, 5.74) is 22.0. The Morgan fingerprint density at radius 3 is 0.934 bits per heavy atom. The first-order valence-electron chi connectivity index (χ1n) is 35.5. The smallest absolute Gasteiger partial charge is 0.164 e. The van der Waals surface area contributed by atoms with Crippen LogP contribution >= 0.6 is 0 Å². The van der Waals surface area contributed by atoms with Crippen molar-refractivity contribution >= 4 is 87.5 Å². The third-order valence-corrected chi connectivity index (χ3v) is 20.1. The van der Waals surface area contributed by atoms with E-state index in [-0.39, 0.29) is 0 Å². The maximum absolute atomic E-state index is 6.68. The Bertz CT molecular complexity index is 6800. The van der Waals surface area contributed by atoms with Gasteiger partial charge in [-0.1, -0.05) is 273 Å². The van der Waals surface area contributed by atoms with Crippen LogP contribution in [0.5, 0.6) is 0 Å². The van der Waals surface area contributed by atoms with Crippen LogP contribution in [-0.2, 0) is 0 Å². The molecule has 0 spiro atoms. The number of hydrogen-bond donors (Lipinski definition) is 0. The summed E-state index contributed by atoms with van der Waals surface area (Å²) >= 11 is 0. The first kappa shape index (κ1) is 61.4. The van der Waals surface area contributed by atoms with E-state index in [0.717, 1.165) is 149 Å². The first-order chi connectivity index (χ1) is 52.6. The van der Waals surface area contributed by atoms with E-state index in [4.69, 9.17) is 38.7 Å². The number of benzene rings is 15. The van der Waals surface area contributed by atoms with Crippen molar-refractivity contribution in [3.05, 3.63) is 364 Å². The van der Waals surface area contributed by atoms with Crippen LogP contribution < -0.4 is 0 Å². The summed E-state index contributed by atoms with van der Waals surface area (Å²) in [6.07, 6.45) is 0. The topological polar surface area (TPSA) is 113 Å². The summed E-state index contributed by atoms with van der Waals surface area (Å²) < 4.78 is 18.1. The highest BCUT2D eigenvalue weighted by molar-refractivity contribution is 6.28. The van der Waals surface area contributed by atoms with Crippen LogP contribution in [0.2, 0.25) is 0 Å². The highest BCUT2D eigenvalue weighted by Gasteiger charge is 2.26. The number of aromatic nitrogens is 8. The molecular formula is C96H60N8O2. The standard InChI is InChI=1S/C51H32N4O.C45H28N4O/c1-5-16-33(17-6-1)36-30-37(34-18-7-2-8-19-34)32-38(31-36)50-52-49(35-20-9-3-10-21-35)53-51(54-50)42-25-15-27-44-46(42)47-45(56-44)29-28-41-40-24-13-14-26-43(40)55(48(41)47)39-22-11-4-12-23-39;1-4-14-29(15-5-1)32-20-12-21-33(28-32)49-37-24-11-10-22-34(37)35-26-27-39-41(42(35)49)40-36(23-13-25-38(40)50-39)45-47-43(30-16-6-2-7-17-30)46-44(48-45)31-18-8-3-9-19-31/h1-32H;1-28H. The van der Waals surface area contributed by atoms with Crippen molar-refractivity contribution in [3.8, 4) is 113 Å². The zero-order valence-electron chi connectivity index (χ0n) is 57.0. The molecule has 496 valence electrons. The van der Waals surface area contributed by atoms with E-state index in [1.807, 2.05) is 127 Å². The fourth-order valence-corrected chi connectivity index (χ4v) is 15.3. The number of para-hydroxylation sites is 3. The summed E-state index contributed by atoms with van der Waals surface area (Å²) in [7, 11) is 0. The van der Waals surface area contributed by atoms with Gasteiger partial charge in [-0.25, -0.2) is 29.9 Å². The molecule has 0 aliphatic heterocycles. The van der Waals surface area contributed by atoms with Crippen LogP contribution in [0.1, 0.15) is 0 Å². The molecule has 106 heavy (non-hydrogen) atoms. The number of rotatable bonds is 11. The van der Waals surface area contributed by atoms with Gasteiger partial charge in [0.15, 0.2) is 34.9 Å². The molecule has 10 nitrogen and oxygen atoms in total. The molecule has 15 aromatic carbocycles. The van der Waals surface area contributed by atoms with E-state index in [1.54, 1.807) is 0 Å². The van der Waals surface area contributed by atoms with Crippen molar-refractivity contribution in [1.82, 2.24) is 39.0 Å². The van der Waals surface area contributed by atoms with Crippen LogP contribution in [0.15, 0.2) is 373 Å². The molecule has 6 heterocycles. The Kier molecular flexibility index (Phi) is 15.0. The number of furan rings is 2. The molecule has 0 N–H and O–H groups in total. The molecule has 0 fully saturated rings. The molecule has 0 saturated carbocycles. The van der Waals surface area contributed by atoms with Crippen LogP contribution in [0, 0.1) is 0 Å². The SMILES string of the molecule is c1ccc(-c2cc(-c3ccccc3)cc(-c3nc(-c4ccccc4)nc(-c4cccc5oc6ccc7c8ccccc8n(-c8ccccc8)c7c6c45)n3)c2)cc1.c1ccc(-c2cccc(-n3c4ccccc4c4ccc5oc6cccc(-c7nc(-c8ccccc8)nc(-c8ccccc8)n7)c6c5c43)c2)cc1. The Hall–Kier alpha value is -14.5. The van der Waals surface area contributed by atoms with Crippen molar-refractivity contribution in [1.29, 1.82) is 0 Å². The Balaban J connectivity index is 0.000000141. The van der Waals surface area contributed by atoms with Crippen molar-refractivity contribution in [2.75, 3.05) is 0 Å². The summed E-state index contributed by atoms with van der Waals surface area (Å²) in [6.45, 7) is 0. The second-order valence-corrected chi connectivity index (χ2v) is 26.4. The molecule has 0 atom stereocenters. The fraction of sp³-hybridized carbons (Fsp3) is 0. The Labute approximate surface area is 608 Å². The average molecular weight is 1360 g/mol. The second kappa shape index (κ2) is 25.8. The normalized spacial score (nSPS) is 11.6. The van der Waals surface area contributed by atoms with Gasteiger partial charge < -0.3 is 18.0 Å². The lowest BCUT2D eigenvalue weighted by atomic mass is 9.96. The summed E-state index contributed by atoms with van der Waals surface area (Å²) in [6, 6.07) is 126. The molecule has 21 rings (SSSR count). The van der Waals surface area contributed by atoms with Gasteiger partial charge in [-0.05, 0) is 124 Å². The predicted molar refractivity (Wildman–Crippen MR) is 432 cm³/mol. The van der Waals surface area contributed by atoms with E-state index >= 15 is 0 Å². The van der Waals surface area contributed by atoms with Gasteiger partial charge in [0, 0.05) is 77.1 Å². The van der Waals surface area contributed by atoms with E-state index in [9.17, 15) is 0 Å². The number of nitrogens with zero attached hydrogens (tertiary/aromatic N) is 8. The van der Waals surface area contributed by atoms with Gasteiger partial charge >= 0.3 is 0 Å². The molecule has 10 heteroatoms. The minimum Gasteiger partial charge on any atom is -0.456 e. The largest absolute Gasteiger partial charge is 0.456 e. The molecule has 0 aliphatic rings. The first-order valence-corrected chi connectivity index (χ1v) is 35.5. The van der Waals surface area contributed by atoms with Gasteiger partial charge in [-0.3, -0.25) is 0 Å². The Morgan fingerprint density at radius 2 is 0.500 bits per heavy atom. The van der Waals surface area contributed by atoms with Gasteiger partial charge in [0.1, 0.15) is 22.3 Å². The third kappa shape index (κ3) is 10.7. The lowest BCUT2D eigenvalue weighted by Crippen LogP contribution is -2.01. The molecule has 0 aliphatic carbocycles. The van der Waals surface area contributed by atoms with Crippen molar-refractivity contribution in [3.63, 3.8) is 0 Å². The quantitative estimate of drug-likeness (QED) is 0.126. The number of fused-ring (bicyclic) bond motifs is 14. The summed E-state index contributed by atoms with van der Waals surface area (Å²) in [4.78, 5) is 30.9. The number of hydrogen-bond acceptors (Lipinski definition) is 8. The minimum atomic E-state index is 0.577. The maximum Gasteiger partial charge on any atom is 0.164 e. The molecule has 6 aromatic heterocycles. The van der Waals surface area contributed by atoms with Crippen LogP contribution in [-0.4, -0.2) is 39.0 Å². The fourth-order valence-electron chi connectivity index (χ4n) is 15.3. The molecule has 21 aromatic rings. The van der Waals surface area contributed by atoms with Gasteiger partial charge in [-0.2, -0.15) is 0 Å². The predicted octanol–water partition coefficient (Wildman–Crippen LogP) is 24.7. The van der Waals surface area contributed by atoms with E-state index < -0.39 is 0 Å². The van der Waals surface area contributed by atoms with E-state index in [0.29, 0.717) is 34.9 Å². The van der Waals surface area contributed by atoms with Crippen LogP contribution in [0.3, 0.4) is 0 Å². The van der Waals surface area contributed by atoms with Gasteiger partial charge in [0.05, 0.1) is 32.8 Å². The molecule has 0 unspecified atom stereocenters. The molecular weight excluding hydrogens is 1300 g/mol. The Morgan fingerprint density at radius 1 is 0.189 bits per heavy atom. The summed E-state index contributed by atoms with van der Waals surface area (Å²) in [5.74, 6) is 3.61. The van der Waals surface area contributed by atoms with E-state index in [1.165, 1.54) is 16.3 Å². The zero-order chi connectivity index (χ0) is 70.0. The van der Waals surface area contributed by atoms with Gasteiger partial charge in [0.2, 0.25) is 0 Å². The maximum atomic E-state index is 6.68. The lowest BCUT2D eigenvalue weighted by molar-refractivity contribution is 0.669. The lowest BCUT2D eigenvalue weighted by Gasteiger charge is -2.13. The minimum absolute atomic E-state index is 0.577. The summed E-state index contributed by atoms with van der Waals surface area (Å²) in [5, 5.41) is 8.66. The highest BCUT2D eigenvalue weighted by Crippen LogP contribution is 2.47. The third-order valence-electron chi connectivity index (χ3n) is 20.1. The van der Waals surface area contributed by atoms with Crippen molar-refractivity contribution < 1.29 is 8.83 Å². The van der Waals surface area contributed by atoms with Crippen LogP contribution in [0.4, 0.5) is 0 Å². The van der Waals surface area contributed by atoms with Gasteiger partial charge in [0.25, 0.3) is 0 Å². The molecule has 0 saturated heterocycles. The zero-order valence-corrected chi connectivity index (χ0v) is 57.0. The molecule has 0 bridgehead atoms. The monoisotopic (exact) mass is 1360 g/mol. The van der Waals surface area contributed by atoms with Gasteiger partial charge in [-0.15, -0.1) is 0 Å². The van der Waals surface area contributed by atoms with E-state index in [2.05, 4.69) is 246 Å². The van der Waals surface area contributed by atoms with Crippen molar-refractivity contribution in [2.45, 2.75) is 0 Å². The molecule has 0 amide bonds. The van der Waals surface area contributed by atoms with Crippen LogP contribution in [0.25, 0.3) is 201 Å². The highest BCUT2D eigenvalue weighted by atomic mass is 16.3. The second-order valence-electron chi connectivity index (χ2n) is 26.4. The van der Waals surface area contributed by atoms with Crippen molar-refractivity contribution in [2.24, 2.45) is 0 Å². The molecule has 0 radical (unpaired) electrons.